The van der Waals surface area contributed by atoms with Crippen molar-refractivity contribution in [1.82, 2.24) is 9.97 Å². The van der Waals surface area contributed by atoms with Gasteiger partial charge in [-0.25, -0.2) is 9.97 Å². The molecule has 1 aromatic heterocycles. The average molecular weight is 344 g/mol. The van der Waals surface area contributed by atoms with E-state index in [0.29, 0.717) is 11.5 Å². The van der Waals surface area contributed by atoms with E-state index < -0.39 is 0 Å². The van der Waals surface area contributed by atoms with Gasteiger partial charge in [-0.15, -0.1) is 0 Å². The van der Waals surface area contributed by atoms with Crippen molar-refractivity contribution in [2.45, 2.75) is 18.8 Å². The number of hydrogen-bond donors (Lipinski definition) is 2. The largest absolute Gasteiger partial charge is 0.373 e. The highest BCUT2D eigenvalue weighted by Crippen LogP contribution is 2.39. The number of nitrogens with zero attached hydrogens (tertiary/aromatic N) is 3. The maximum atomic E-state index is 8.90. The molecular weight excluding hydrogens is 330 g/mol. The molecule has 6 heteroatoms. The first kappa shape index (κ1) is 13.8. The second-order valence-corrected chi connectivity index (χ2v) is 5.81. The molecule has 0 saturated heterocycles. The Hall–Kier alpha value is -2.13. The van der Waals surface area contributed by atoms with Crippen LogP contribution in [-0.4, -0.2) is 17.0 Å². The molecule has 0 unspecified atom stereocenters. The molecule has 1 fully saturated rings. The molecule has 0 aliphatic heterocycles. The lowest BCUT2D eigenvalue weighted by Gasteiger charge is -2.11. The number of hydrogen-bond acceptors (Lipinski definition) is 5. The summed E-state index contributed by atoms with van der Waals surface area (Å²) < 4.78 is 0.833. The zero-order chi connectivity index (χ0) is 14.8. The number of rotatable bonds is 4. The second-order valence-electron chi connectivity index (χ2n) is 4.95. The summed E-state index contributed by atoms with van der Waals surface area (Å²) in [7, 11) is 1.85. The van der Waals surface area contributed by atoms with Gasteiger partial charge in [0.05, 0.1) is 17.3 Å². The van der Waals surface area contributed by atoms with E-state index in [-0.39, 0.29) is 0 Å². The van der Waals surface area contributed by atoms with Crippen molar-refractivity contribution in [2.24, 2.45) is 0 Å². The normalized spacial score (nSPS) is 13.6. The summed E-state index contributed by atoms with van der Waals surface area (Å²) in [5.74, 6) is 2.93. The minimum atomic E-state index is 0.489. The molecule has 0 atom stereocenters. The number of halogens is 1. The molecule has 5 nitrogen and oxygen atoms in total. The molecular formula is C15H14BrN5. The fourth-order valence-electron chi connectivity index (χ4n) is 2.01. The molecule has 2 aromatic rings. The van der Waals surface area contributed by atoms with Gasteiger partial charge in [0.1, 0.15) is 17.5 Å². The van der Waals surface area contributed by atoms with Crippen LogP contribution in [0.4, 0.5) is 17.3 Å². The van der Waals surface area contributed by atoms with Crippen LogP contribution in [0.2, 0.25) is 0 Å². The topological polar surface area (TPSA) is 73.6 Å². The molecule has 21 heavy (non-hydrogen) atoms. The average Bonchev–Trinajstić information content (AvgIpc) is 3.33. The second kappa shape index (κ2) is 5.70. The van der Waals surface area contributed by atoms with Crippen LogP contribution in [0.25, 0.3) is 0 Å². The third-order valence-corrected chi connectivity index (χ3v) is 3.96. The third-order valence-electron chi connectivity index (χ3n) is 3.30. The van der Waals surface area contributed by atoms with Gasteiger partial charge in [-0.05, 0) is 47.0 Å². The minimum absolute atomic E-state index is 0.489. The fraction of sp³-hybridized carbons (Fsp3) is 0.267. The maximum absolute atomic E-state index is 8.90. The van der Waals surface area contributed by atoms with Crippen LogP contribution in [-0.2, 0) is 0 Å². The number of nitrogens with one attached hydrogen (secondary N) is 2. The summed E-state index contributed by atoms with van der Waals surface area (Å²) in [5, 5.41) is 15.2. The molecule has 3 rings (SSSR count). The van der Waals surface area contributed by atoms with Crippen molar-refractivity contribution in [3.8, 4) is 6.07 Å². The van der Waals surface area contributed by atoms with Crippen LogP contribution >= 0.6 is 15.9 Å². The standard InChI is InChI=1S/C15H14BrN5/c1-18-13-7-14(21-15(20-13)10-3-4-10)19-12-5-2-9(8-17)6-11(12)16/h2,5-7,10H,3-4H2,1H3,(H2,18,19,20,21). The van der Waals surface area contributed by atoms with Crippen molar-refractivity contribution >= 4 is 33.3 Å². The van der Waals surface area contributed by atoms with Crippen LogP contribution in [0.5, 0.6) is 0 Å². The van der Waals surface area contributed by atoms with E-state index in [1.165, 1.54) is 0 Å². The predicted molar refractivity (Wildman–Crippen MR) is 85.7 cm³/mol. The Morgan fingerprint density at radius 1 is 1.24 bits per heavy atom. The molecule has 1 heterocycles. The minimum Gasteiger partial charge on any atom is -0.373 e. The number of aromatic nitrogens is 2. The lowest BCUT2D eigenvalue weighted by Crippen LogP contribution is -2.03. The smallest absolute Gasteiger partial charge is 0.136 e. The lowest BCUT2D eigenvalue weighted by molar-refractivity contribution is 0.932. The first-order chi connectivity index (χ1) is 10.2. The molecule has 0 bridgehead atoms. The van der Waals surface area contributed by atoms with Gasteiger partial charge in [-0.1, -0.05) is 0 Å². The summed E-state index contributed by atoms with van der Waals surface area (Å²) in [5.41, 5.74) is 1.49. The zero-order valence-electron chi connectivity index (χ0n) is 11.5. The molecule has 2 N–H and O–H groups in total. The Labute approximate surface area is 131 Å². The molecule has 1 aliphatic carbocycles. The lowest BCUT2D eigenvalue weighted by atomic mass is 10.2. The summed E-state index contributed by atoms with van der Waals surface area (Å²) in [6.07, 6.45) is 2.32. The van der Waals surface area contributed by atoms with E-state index in [1.54, 1.807) is 12.1 Å². The van der Waals surface area contributed by atoms with Gasteiger partial charge in [0.2, 0.25) is 0 Å². The molecule has 1 saturated carbocycles. The molecule has 0 amide bonds. The van der Waals surface area contributed by atoms with Crippen LogP contribution in [0.3, 0.4) is 0 Å². The van der Waals surface area contributed by atoms with E-state index in [1.807, 2.05) is 19.2 Å². The number of nitriles is 1. The van der Waals surface area contributed by atoms with E-state index >= 15 is 0 Å². The van der Waals surface area contributed by atoms with Crippen molar-refractivity contribution in [3.63, 3.8) is 0 Å². The summed E-state index contributed by atoms with van der Waals surface area (Å²) >= 11 is 3.47. The van der Waals surface area contributed by atoms with Gasteiger partial charge in [0.15, 0.2) is 0 Å². The Balaban J connectivity index is 1.90. The van der Waals surface area contributed by atoms with Crippen LogP contribution in [0.15, 0.2) is 28.7 Å². The van der Waals surface area contributed by atoms with E-state index in [0.717, 1.165) is 40.5 Å². The molecule has 1 aliphatic rings. The van der Waals surface area contributed by atoms with E-state index in [4.69, 9.17) is 5.26 Å². The van der Waals surface area contributed by atoms with Crippen molar-refractivity contribution in [3.05, 3.63) is 40.1 Å². The van der Waals surface area contributed by atoms with Crippen molar-refractivity contribution in [2.75, 3.05) is 17.7 Å². The SMILES string of the molecule is CNc1cc(Nc2ccc(C#N)cc2Br)nc(C2CC2)n1. The number of benzene rings is 1. The van der Waals surface area contributed by atoms with Crippen LogP contribution < -0.4 is 10.6 Å². The van der Waals surface area contributed by atoms with Gasteiger partial charge in [-0.2, -0.15) is 5.26 Å². The highest BCUT2D eigenvalue weighted by Gasteiger charge is 2.27. The van der Waals surface area contributed by atoms with Gasteiger partial charge in [-0.3, -0.25) is 0 Å². The first-order valence-electron chi connectivity index (χ1n) is 6.73. The Kier molecular flexibility index (Phi) is 3.76. The van der Waals surface area contributed by atoms with Crippen LogP contribution in [0.1, 0.15) is 30.1 Å². The summed E-state index contributed by atoms with van der Waals surface area (Å²) in [6.45, 7) is 0. The zero-order valence-corrected chi connectivity index (χ0v) is 13.1. The molecule has 0 spiro atoms. The van der Waals surface area contributed by atoms with E-state index in [9.17, 15) is 0 Å². The highest BCUT2D eigenvalue weighted by molar-refractivity contribution is 9.10. The monoisotopic (exact) mass is 343 g/mol. The Morgan fingerprint density at radius 2 is 2.00 bits per heavy atom. The maximum Gasteiger partial charge on any atom is 0.136 e. The summed E-state index contributed by atoms with van der Waals surface area (Å²) in [6, 6.07) is 9.40. The van der Waals surface area contributed by atoms with Crippen molar-refractivity contribution in [1.29, 1.82) is 5.26 Å². The molecule has 106 valence electrons. The van der Waals surface area contributed by atoms with Crippen LogP contribution in [0, 0.1) is 11.3 Å². The molecule has 0 radical (unpaired) electrons. The van der Waals surface area contributed by atoms with Crippen molar-refractivity contribution < 1.29 is 0 Å². The highest BCUT2D eigenvalue weighted by atomic mass is 79.9. The first-order valence-corrected chi connectivity index (χ1v) is 7.52. The Bertz CT molecular complexity index is 718. The number of anilines is 3. The molecule has 1 aromatic carbocycles. The van der Waals surface area contributed by atoms with Gasteiger partial charge < -0.3 is 10.6 Å². The summed E-state index contributed by atoms with van der Waals surface area (Å²) in [4.78, 5) is 9.06. The third kappa shape index (κ3) is 3.14. The predicted octanol–water partition coefficient (Wildman–Crippen LogP) is 3.77. The fourth-order valence-corrected chi connectivity index (χ4v) is 2.48. The quantitative estimate of drug-likeness (QED) is 0.883. The Morgan fingerprint density at radius 3 is 2.62 bits per heavy atom. The van der Waals surface area contributed by atoms with Gasteiger partial charge >= 0.3 is 0 Å². The van der Waals surface area contributed by atoms with Gasteiger partial charge in [0.25, 0.3) is 0 Å². The van der Waals surface area contributed by atoms with E-state index in [2.05, 4.69) is 42.6 Å². The van der Waals surface area contributed by atoms with Gasteiger partial charge in [0, 0.05) is 23.5 Å².